The van der Waals surface area contributed by atoms with Gasteiger partial charge in [0.05, 0.1) is 10.6 Å². The van der Waals surface area contributed by atoms with Crippen LogP contribution in [0.15, 0.2) is 53.4 Å². The van der Waals surface area contributed by atoms with Gasteiger partial charge in [-0.3, -0.25) is 4.31 Å². The fraction of sp³-hybridized carbons (Fsp3) is 0.133. The average Bonchev–Trinajstić information content (AvgIpc) is 2.47. The number of hydrogen-bond donors (Lipinski definition) is 1. The Morgan fingerprint density at radius 3 is 2.29 bits per heavy atom. The summed E-state index contributed by atoms with van der Waals surface area (Å²) in [5.41, 5.74) is 7.48. The molecule has 4 nitrogen and oxygen atoms in total. The van der Waals surface area contributed by atoms with Gasteiger partial charge in [0.25, 0.3) is 10.0 Å². The van der Waals surface area contributed by atoms with Crippen molar-refractivity contribution in [2.75, 3.05) is 11.4 Å². The second kappa shape index (κ2) is 5.83. The predicted molar refractivity (Wildman–Crippen MR) is 89.1 cm³/mol. The van der Waals surface area contributed by atoms with E-state index in [4.69, 9.17) is 18.0 Å². The van der Waals surface area contributed by atoms with Crippen LogP contribution in [0.2, 0.25) is 0 Å². The van der Waals surface area contributed by atoms with E-state index in [1.165, 1.54) is 17.4 Å². The van der Waals surface area contributed by atoms with Crippen molar-refractivity contribution in [3.05, 3.63) is 59.7 Å². The first-order valence-electron chi connectivity index (χ1n) is 6.29. The van der Waals surface area contributed by atoms with E-state index in [-0.39, 0.29) is 9.88 Å². The minimum Gasteiger partial charge on any atom is -0.389 e. The van der Waals surface area contributed by atoms with Gasteiger partial charge in [0.1, 0.15) is 4.99 Å². The molecule has 2 N–H and O–H groups in total. The maximum atomic E-state index is 12.8. The zero-order valence-corrected chi connectivity index (χ0v) is 13.4. The normalized spacial score (nSPS) is 11.1. The van der Waals surface area contributed by atoms with E-state index < -0.39 is 10.0 Å². The van der Waals surface area contributed by atoms with Crippen LogP contribution in [0, 0.1) is 6.92 Å². The summed E-state index contributed by atoms with van der Waals surface area (Å²) in [5.74, 6) is 0. The smallest absolute Gasteiger partial charge is 0.264 e. The molecule has 0 amide bonds. The highest BCUT2D eigenvalue weighted by Gasteiger charge is 2.25. The standard InChI is InChI=1S/C15H16N2O2S2/c1-11-7-3-5-9-13(11)17(2)21(18,19)14-10-6-4-8-12(14)15(16)20/h3-10H,1-2H3,(H2,16,20). The summed E-state index contributed by atoms with van der Waals surface area (Å²) in [7, 11) is -2.20. The molecule has 0 unspecified atom stereocenters. The van der Waals surface area contributed by atoms with Crippen molar-refractivity contribution < 1.29 is 8.42 Å². The van der Waals surface area contributed by atoms with E-state index in [0.29, 0.717) is 11.3 Å². The van der Waals surface area contributed by atoms with Gasteiger partial charge in [0.2, 0.25) is 0 Å². The second-order valence-electron chi connectivity index (χ2n) is 4.62. The Morgan fingerprint density at radius 2 is 1.67 bits per heavy atom. The van der Waals surface area contributed by atoms with Crippen molar-refractivity contribution in [3.8, 4) is 0 Å². The minimum atomic E-state index is -3.72. The van der Waals surface area contributed by atoms with Crippen LogP contribution >= 0.6 is 12.2 Å². The highest BCUT2D eigenvalue weighted by Crippen LogP contribution is 2.26. The first-order valence-corrected chi connectivity index (χ1v) is 8.14. The average molecular weight is 320 g/mol. The molecule has 2 rings (SSSR count). The van der Waals surface area contributed by atoms with Crippen LogP contribution in [0.5, 0.6) is 0 Å². The van der Waals surface area contributed by atoms with Crippen LogP contribution in [0.1, 0.15) is 11.1 Å². The van der Waals surface area contributed by atoms with Crippen molar-refractivity contribution in [1.29, 1.82) is 0 Å². The van der Waals surface area contributed by atoms with E-state index in [1.807, 2.05) is 19.1 Å². The molecule has 21 heavy (non-hydrogen) atoms. The second-order valence-corrected chi connectivity index (χ2v) is 7.00. The maximum absolute atomic E-state index is 12.8. The number of aryl methyl sites for hydroxylation is 1. The molecule has 0 aliphatic rings. The van der Waals surface area contributed by atoms with Crippen molar-refractivity contribution in [2.45, 2.75) is 11.8 Å². The Bertz CT molecular complexity index is 786. The van der Waals surface area contributed by atoms with Crippen molar-refractivity contribution in [2.24, 2.45) is 5.73 Å². The summed E-state index contributed by atoms with van der Waals surface area (Å²) < 4.78 is 26.9. The highest BCUT2D eigenvalue weighted by atomic mass is 32.2. The lowest BCUT2D eigenvalue weighted by Crippen LogP contribution is -2.29. The van der Waals surface area contributed by atoms with Gasteiger partial charge in [0.15, 0.2) is 0 Å². The van der Waals surface area contributed by atoms with Gasteiger partial charge in [-0.05, 0) is 24.6 Å². The molecule has 0 heterocycles. The summed E-state index contributed by atoms with van der Waals surface area (Å²) in [4.78, 5) is 0.176. The third-order valence-corrected chi connectivity index (χ3v) is 5.30. The van der Waals surface area contributed by atoms with E-state index in [0.717, 1.165) is 5.56 Å². The van der Waals surface area contributed by atoms with Crippen LogP contribution in [0.25, 0.3) is 0 Å². The molecule has 2 aromatic rings. The van der Waals surface area contributed by atoms with E-state index in [9.17, 15) is 8.42 Å². The van der Waals surface area contributed by atoms with Gasteiger partial charge in [-0.2, -0.15) is 0 Å². The minimum absolute atomic E-state index is 0.0624. The molecule has 2 aromatic carbocycles. The molecule has 0 saturated heterocycles. The van der Waals surface area contributed by atoms with Gasteiger partial charge in [-0.25, -0.2) is 8.42 Å². The lowest BCUT2D eigenvalue weighted by atomic mass is 10.2. The molecule has 0 fully saturated rings. The SMILES string of the molecule is Cc1ccccc1N(C)S(=O)(=O)c1ccccc1C(N)=S. The quantitative estimate of drug-likeness (QED) is 0.879. The van der Waals surface area contributed by atoms with Crippen LogP contribution in [0.4, 0.5) is 5.69 Å². The summed E-state index contributed by atoms with van der Waals surface area (Å²) in [6.07, 6.45) is 0. The molecule has 110 valence electrons. The summed E-state index contributed by atoms with van der Waals surface area (Å²) in [6, 6.07) is 13.8. The molecular formula is C15H16N2O2S2. The lowest BCUT2D eigenvalue weighted by molar-refractivity contribution is 0.594. The highest BCUT2D eigenvalue weighted by molar-refractivity contribution is 7.93. The molecule has 0 saturated carbocycles. The Kier molecular flexibility index (Phi) is 4.29. The number of anilines is 1. The third-order valence-electron chi connectivity index (χ3n) is 3.25. The van der Waals surface area contributed by atoms with E-state index in [1.54, 1.807) is 30.3 Å². The van der Waals surface area contributed by atoms with Crippen LogP contribution < -0.4 is 10.0 Å². The number of hydrogen-bond acceptors (Lipinski definition) is 3. The Hall–Kier alpha value is -1.92. The first kappa shape index (κ1) is 15.5. The van der Waals surface area contributed by atoms with Gasteiger partial charge in [-0.1, -0.05) is 48.6 Å². The van der Waals surface area contributed by atoms with Crippen molar-refractivity contribution in [3.63, 3.8) is 0 Å². The predicted octanol–water partition coefficient (Wildman–Crippen LogP) is 2.45. The molecule has 0 bridgehead atoms. The van der Waals surface area contributed by atoms with Gasteiger partial charge in [0, 0.05) is 12.6 Å². The topological polar surface area (TPSA) is 63.4 Å². The Balaban J connectivity index is 2.58. The first-order chi connectivity index (χ1) is 9.85. The number of benzene rings is 2. The van der Waals surface area contributed by atoms with Gasteiger partial charge >= 0.3 is 0 Å². The van der Waals surface area contributed by atoms with Crippen LogP contribution in [-0.4, -0.2) is 20.5 Å². The van der Waals surface area contributed by atoms with Gasteiger partial charge in [-0.15, -0.1) is 0 Å². The van der Waals surface area contributed by atoms with Crippen molar-refractivity contribution >= 4 is 32.9 Å². The maximum Gasteiger partial charge on any atom is 0.264 e. The van der Waals surface area contributed by atoms with E-state index in [2.05, 4.69) is 0 Å². The number of thiocarbonyl (C=S) groups is 1. The zero-order chi connectivity index (χ0) is 15.6. The molecule has 0 atom stereocenters. The fourth-order valence-corrected chi connectivity index (χ4v) is 3.80. The number of sulfonamides is 1. The van der Waals surface area contributed by atoms with Crippen LogP contribution in [-0.2, 0) is 10.0 Å². The van der Waals surface area contributed by atoms with Crippen LogP contribution in [0.3, 0.4) is 0 Å². The number of para-hydroxylation sites is 1. The fourth-order valence-electron chi connectivity index (χ4n) is 2.09. The van der Waals surface area contributed by atoms with E-state index >= 15 is 0 Å². The zero-order valence-electron chi connectivity index (χ0n) is 11.8. The molecule has 0 aliphatic carbocycles. The largest absolute Gasteiger partial charge is 0.389 e. The molecule has 6 heteroatoms. The number of rotatable bonds is 4. The molecular weight excluding hydrogens is 304 g/mol. The summed E-state index contributed by atoms with van der Waals surface area (Å²) in [5, 5.41) is 0. The summed E-state index contributed by atoms with van der Waals surface area (Å²) in [6.45, 7) is 1.86. The number of nitrogens with two attached hydrogens (primary N) is 1. The Labute approximate surface area is 130 Å². The molecule has 0 aromatic heterocycles. The lowest BCUT2D eigenvalue weighted by Gasteiger charge is -2.22. The third kappa shape index (κ3) is 2.91. The molecule has 0 aliphatic heterocycles. The van der Waals surface area contributed by atoms with Gasteiger partial charge < -0.3 is 5.73 Å². The summed E-state index contributed by atoms with van der Waals surface area (Å²) >= 11 is 4.94. The molecule has 0 radical (unpaired) electrons. The monoisotopic (exact) mass is 320 g/mol. The number of nitrogens with zero attached hydrogens (tertiary/aromatic N) is 1. The molecule has 0 spiro atoms. The Morgan fingerprint density at radius 1 is 1.10 bits per heavy atom. The van der Waals surface area contributed by atoms with Crippen molar-refractivity contribution in [1.82, 2.24) is 0 Å².